The maximum Gasteiger partial charge on any atom is 0.416 e. The standard InChI is InChI=1S/C26H31F3N4O4/c1-5-6-18-11-21-23(30-12-18)37-22(16(2)13-33(24(21)35)17(3)15-34)14-32(4)25(36)31-20-9-7-19(8-10-20)26(27,28)29/h5-12,16-17,22,34H,13-15H2,1-4H3,(H,31,36)/b6-5+/t16-,17-,22-/m0/s1. The predicted octanol–water partition coefficient (Wildman–Crippen LogP) is 4.52. The number of aromatic nitrogens is 1. The molecule has 8 nitrogen and oxygen atoms in total. The number of carbonyl (C=O) groups is 2. The lowest BCUT2D eigenvalue weighted by atomic mass is 10.00. The van der Waals surface area contributed by atoms with E-state index in [1.807, 2.05) is 19.9 Å². The molecule has 3 atom stereocenters. The fourth-order valence-corrected chi connectivity index (χ4v) is 3.93. The molecule has 0 aliphatic carbocycles. The molecule has 3 rings (SSSR count). The highest BCUT2D eigenvalue weighted by atomic mass is 19.4. The number of amides is 3. The molecule has 0 spiro atoms. The molecule has 1 aromatic heterocycles. The van der Waals surface area contributed by atoms with Crippen LogP contribution in [0.4, 0.5) is 23.7 Å². The number of hydrogen-bond acceptors (Lipinski definition) is 5. The van der Waals surface area contributed by atoms with Crippen molar-refractivity contribution in [1.82, 2.24) is 14.8 Å². The maximum absolute atomic E-state index is 13.3. The van der Waals surface area contributed by atoms with Gasteiger partial charge in [-0.2, -0.15) is 13.2 Å². The molecule has 1 aromatic carbocycles. The molecule has 0 bridgehead atoms. The van der Waals surface area contributed by atoms with Gasteiger partial charge in [0.05, 0.1) is 24.8 Å². The summed E-state index contributed by atoms with van der Waals surface area (Å²) in [6.07, 6.45) is 0.172. The van der Waals surface area contributed by atoms with Crippen LogP contribution in [0.5, 0.6) is 5.88 Å². The van der Waals surface area contributed by atoms with Gasteiger partial charge in [0.25, 0.3) is 5.91 Å². The van der Waals surface area contributed by atoms with Crippen molar-refractivity contribution in [1.29, 1.82) is 0 Å². The number of nitrogens with one attached hydrogen (secondary N) is 1. The minimum atomic E-state index is -4.47. The second-order valence-electron chi connectivity index (χ2n) is 9.13. The predicted molar refractivity (Wildman–Crippen MR) is 133 cm³/mol. The number of hydrogen-bond donors (Lipinski definition) is 2. The van der Waals surface area contributed by atoms with E-state index in [2.05, 4.69) is 10.3 Å². The normalized spacial score (nSPS) is 19.0. The molecule has 0 unspecified atom stereocenters. The van der Waals surface area contributed by atoms with Crippen molar-refractivity contribution in [2.45, 2.75) is 39.1 Å². The Kier molecular flexibility index (Phi) is 8.80. The minimum Gasteiger partial charge on any atom is -0.472 e. The second-order valence-corrected chi connectivity index (χ2v) is 9.13. The number of nitrogens with zero attached hydrogens (tertiary/aromatic N) is 3. The van der Waals surface area contributed by atoms with Gasteiger partial charge in [-0.3, -0.25) is 4.79 Å². The number of rotatable bonds is 6. The van der Waals surface area contributed by atoms with Crippen molar-refractivity contribution in [2.24, 2.45) is 5.92 Å². The molecule has 0 saturated heterocycles. The average molecular weight is 521 g/mol. The van der Waals surface area contributed by atoms with Crippen molar-refractivity contribution in [2.75, 3.05) is 32.1 Å². The molecule has 11 heteroatoms. The number of ether oxygens (including phenoxy) is 1. The Hall–Kier alpha value is -3.60. The van der Waals surface area contributed by atoms with Gasteiger partial charge in [-0.15, -0.1) is 0 Å². The van der Waals surface area contributed by atoms with Gasteiger partial charge in [0.1, 0.15) is 11.7 Å². The summed E-state index contributed by atoms with van der Waals surface area (Å²) in [6, 6.07) is 4.86. The minimum absolute atomic E-state index is 0.112. The third-order valence-corrected chi connectivity index (χ3v) is 6.17. The smallest absolute Gasteiger partial charge is 0.416 e. The molecule has 0 saturated carbocycles. The fraction of sp³-hybridized carbons (Fsp3) is 0.423. The molecule has 200 valence electrons. The van der Waals surface area contributed by atoms with Gasteiger partial charge in [-0.25, -0.2) is 9.78 Å². The van der Waals surface area contributed by atoms with Crippen LogP contribution in [0.3, 0.4) is 0 Å². The van der Waals surface area contributed by atoms with Gasteiger partial charge in [0, 0.05) is 31.4 Å². The highest BCUT2D eigenvalue weighted by molar-refractivity contribution is 5.97. The summed E-state index contributed by atoms with van der Waals surface area (Å²) in [5.74, 6) is -0.431. The number of urea groups is 1. The van der Waals surface area contributed by atoms with Crippen LogP contribution < -0.4 is 10.1 Å². The first-order valence-corrected chi connectivity index (χ1v) is 11.8. The van der Waals surface area contributed by atoms with Crippen LogP contribution in [0.15, 0.2) is 42.6 Å². The van der Waals surface area contributed by atoms with Crippen LogP contribution in [0.2, 0.25) is 0 Å². The molecule has 37 heavy (non-hydrogen) atoms. The first-order chi connectivity index (χ1) is 17.4. The van der Waals surface area contributed by atoms with Gasteiger partial charge >= 0.3 is 12.2 Å². The second kappa shape index (κ2) is 11.6. The number of anilines is 1. The molecular formula is C26H31F3N4O4. The molecule has 2 aromatic rings. The molecule has 2 N–H and O–H groups in total. The number of pyridine rings is 1. The first kappa shape index (κ1) is 28.0. The summed E-state index contributed by atoms with van der Waals surface area (Å²) in [5, 5.41) is 12.3. The van der Waals surface area contributed by atoms with Crippen molar-refractivity contribution in [3.8, 4) is 5.88 Å². The van der Waals surface area contributed by atoms with Crippen molar-refractivity contribution < 1.29 is 32.6 Å². The van der Waals surface area contributed by atoms with Crippen LogP contribution in [-0.2, 0) is 6.18 Å². The average Bonchev–Trinajstić information content (AvgIpc) is 2.85. The summed E-state index contributed by atoms with van der Waals surface area (Å²) < 4.78 is 44.6. The van der Waals surface area contributed by atoms with E-state index in [4.69, 9.17) is 4.74 Å². The summed E-state index contributed by atoms with van der Waals surface area (Å²) in [4.78, 5) is 33.4. The largest absolute Gasteiger partial charge is 0.472 e. The quantitative estimate of drug-likeness (QED) is 0.584. The van der Waals surface area contributed by atoms with E-state index in [0.717, 1.165) is 12.1 Å². The Morgan fingerprint density at radius 2 is 2.03 bits per heavy atom. The van der Waals surface area contributed by atoms with E-state index in [9.17, 15) is 27.9 Å². The zero-order valence-corrected chi connectivity index (χ0v) is 21.1. The van der Waals surface area contributed by atoms with E-state index in [0.29, 0.717) is 5.56 Å². The SMILES string of the molecule is C/C=C/c1cnc2c(c1)C(=O)N([C@@H](C)CO)C[C@H](C)[C@H](CN(C)C(=O)Nc1ccc(C(F)(F)F)cc1)O2. The number of fused-ring (bicyclic) bond motifs is 1. The van der Waals surface area contributed by atoms with Gasteiger partial charge in [-0.05, 0) is 49.7 Å². The Balaban J connectivity index is 1.81. The molecule has 1 aliphatic rings. The summed E-state index contributed by atoms with van der Waals surface area (Å²) in [7, 11) is 1.54. The van der Waals surface area contributed by atoms with Gasteiger partial charge in [-0.1, -0.05) is 19.1 Å². The number of aliphatic hydroxyl groups excluding tert-OH is 1. The number of alkyl halides is 3. The van der Waals surface area contributed by atoms with E-state index in [1.54, 1.807) is 30.2 Å². The Bertz CT molecular complexity index is 1140. The number of likely N-dealkylation sites (N-methyl/N-ethyl adjacent to an activating group) is 1. The number of benzene rings is 1. The topological polar surface area (TPSA) is 95.0 Å². The third kappa shape index (κ3) is 6.79. The molecule has 0 radical (unpaired) electrons. The Morgan fingerprint density at radius 1 is 1.35 bits per heavy atom. The van der Waals surface area contributed by atoms with Crippen LogP contribution in [-0.4, -0.2) is 70.7 Å². The zero-order valence-electron chi connectivity index (χ0n) is 21.1. The third-order valence-electron chi connectivity index (χ3n) is 6.17. The van der Waals surface area contributed by atoms with Crippen LogP contribution in [0.25, 0.3) is 6.08 Å². The maximum atomic E-state index is 13.3. The first-order valence-electron chi connectivity index (χ1n) is 11.8. The Labute approximate surface area is 213 Å². The molecule has 1 aliphatic heterocycles. The lowest BCUT2D eigenvalue weighted by molar-refractivity contribution is -0.137. The van der Waals surface area contributed by atoms with Crippen molar-refractivity contribution >= 4 is 23.7 Å². The van der Waals surface area contributed by atoms with Crippen LogP contribution in [0, 0.1) is 5.92 Å². The van der Waals surface area contributed by atoms with E-state index in [1.165, 1.54) is 24.1 Å². The number of aliphatic hydroxyl groups is 1. The molecule has 0 fully saturated rings. The molecule has 3 amide bonds. The van der Waals surface area contributed by atoms with Gasteiger partial charge < -0.3 is 25.0 Å². The zero-order chi connectivity index (χ0) is 27.3. The monoisotopic (exact) mass is 520 g/mol. The van der Waals surface area contributed by atoms with Crippen molar-refractivity contribution in [3.05, 3.63) is 59.3 Å². The van der Waals surface area contributed by atoms with Crippen molar-refractivity contribution in [3.63, 3.8) is 0 Å². The number of carbonyl (C=O) groups excluding carboxylic acids is 2. The highest BCUT2D eigenvalue weighted by Gasteiger charge is 2.35. The molecular weight excluding hydrogens is 489 g/mol. The lowest BCUT2D eigenvalue weighted by Crippen LogP contribution is -2.50. The number of allylic oxidation sites excluding steroid dienone is 1. The van der Waals surface area contributed by atoms with E-state index < -0.39 is 29.9 Å². The van der Waals surface area contributed by atoms with Crippen LogP contribution in [0.1, 0.15) is 42.3 Å². The van der Waals surface area contributed by atoms with E-state index in [-0.39, 0.29) is 48.7 Å². The summed E-state index contributed by atoms with van der Waals surface area (Å²) in [6.45, 7) is 5.62. The highest BCUT2D eigenvalue weighted by Crippen LogP contribution is 2.30. The van der Waals surface area contributed by atoms with Crippen LogP contribution >= 0.6 is 0 Å². The van der Waals surface area contributed by atoms with Gasteiger partial charge in [0.15, 0.2) is 0 Å². The number of halogens is 3. The Morgan fingerprint density at radius 3 is 2.62 bits per heavy atom. The van der Waals surface area contributed by atoms with E-state index >= 15 is 0 Å². The summed E-state index contributed by atoms with van der Waals surface area (Å²) >= 11 is 0. The van der Waals surface area contributed by atoms with Gasteiger partial charge in [0.2, 0.25) is 5.88 Å². The summed E-state index contributed by atoms with van der Waals surface area (Å²) in [5.41, 5.74) is 0.377. The fourth-order valence-electron chi connectivity index (χ4n) is 3.93. The molecule has 2 heterocycles. The lowest BCUT2D eigenvalue weighted by Gasteiger charge is -2.37.